The maximum atomic E-state index is 12.7. The van der Waals surface area contributed by atoms with Crippen LogP contribution in [0.15, 0.2) is 0 Å². The summed E-state index contributed by atoms with van der Waals surface area (Å²) in [5.41, 5.74) is 5.84. The lowest BCUT2D eigenvalue weighted by atomic mass is 9.98. The Labute approximate surface area is 185 Å². The van der Waals surface area contributed by atoms with Gasteiger partial charge in [0.15, 0.2) is 0 Å². The molecule has 13 nitrogen and oxygen atoms in total. The lowest BCUT2D eigenvalue weighted by Crippen LogP contribution is -2.59. The van der Waals surface area contributed by atoms with Crippen LogP contribution >= 0.6 is 0 Å². The number of hydrogen-bond donors (Lipinski definition) is 7. The summed E-state index contributed by atoms with van der Waals surface area (Å²) in [4.78, 5) is 70.1. The predicted molar refractivity (Wildman–Crippen MR) is 110 cm³/mol. The molecule has 3 amide bonds. The molecule has 0 aromatic rings. The molecule has 0 aromatic heterocycles. The monoisotopic (exact) mass is 460 g/mol. The number of hydrogen-bond acceptors (Lipinski definition) is 8. The van der Waals surface area contributed by atoms with Gasteiger partial charge in [0.05, 0.1) is 24.6 Å². The highest BCUT2D eigenvalue weighted by Crippen LogP contribution is 2.07. The first-order chi connectivity index (χ1) is 14.8. The first-order valence-corrected chi connectivity index (χ1v) is 10.1. The minimum atomic E-state index is -1.61. The van der Waals surface area contributed by atoms with Crippen LogP contribution in [0, 0.1) is 5.92 Å². The minimum Gasteiger partial charge on any atom is -0.481 e. The lowest BCUT2D eigenvalue weighted by Gasteiger charge is -2.26. The minimum absolute atomic E-state index is 0.194. The van der Waals surface area contributed by atoms with Crippen LogP contribution in [0.2, 0.25) is 0 Å². The van der Waals surface area contributed by atoms with Crippen LogP contribution < -0.4 is 21.7 Å². The van der Waals surface area contributed by atoms with Gasteiger partial charge in [-0.2, -0.15) is 0 Å². The van der Waals surface area contributed by atoms with E-state index >= 15 is 0 Å². The number of carbonyl (C=O) groups is 6. The molecule has 13 heteroatoms. The summed E-state index contributed by atoms with van der Waals surface area (Å²) in [7, 11) is 0. The van der Waals surface area contributed by atoms with Crippen molar-refractivity contribution in [2.75, 3.05) is 0 Å². The second-order valence-corrected chi connectivity index (χ2v) is 7.48. The van der Waals surface area contributed by atoms with Gasteiger partial charge in [-0.1, -0.05) is 20.3 Å². The van der Waals surface area contributed by atoms with Crippen LogP contribution in [-0.4, -0.2) is 81.5 Å². The molecule has 0 saturated carbocycles. The SMILES string of the molecule is CC[C@H](C)[C@H](N)C(=O)N[C@@H](CCC(=O)O)C(=O)N[C@H](C(=O)NC(C=O)CC(=O)O)[C@@H](C)O. The van der Waals surface area contributed by atoms with E-state index in [2.05, 4.69) is 16.0 Å². The van der Waals surface area contributed by atoms with Crippen LogP contribution in [0.3, 0.4) is 0 Å². The van der Waals surface area contributed by atoms with Crippen LogP contribution in [0.5, 0.6) is 0 Å². The van der Waals surface area contributed by atoms with Gasteiger partial charge in [-0.3, -0.25) is 24.0 Å². The lowest BCUT2D eigenvalue weighted by molar-refractivity contribution is -0.140. The topological polar surface area (TPSA) is 225 Å². The summed E-state index contributed by atoms with van der Waals surface area (Å²) >= 11 is 0. The van der Waals surface area contributed by atoms with E-state index in [0.717, 1.165) is 0 Å². The molecule has 0 rings (SSSR count). The fourth-order valence-electron chi connectivity index (χ4n) is 2.57. The number of carbonyl (C=O) groups excluding carboxylic acids is 4. The van der Waals surface area contributed by atoms with E-state index in [9.17, 15) is 33.9 Å². The maximum Gasteiger partial charge on any atom is 0.305 e. The van der Waals surface area contributed by atoms with Crippen molar-refractivity contribution in [2.45, 2.75) is 76.7 Å². The number of amides is 3. The highest BCUT2D eigenvalue weighted by atomic mass is 16.4. The highest BCUT2D eigenvalue weighted by Gasteiger charge is 2.32. The highest BCUT2D eigenvalue weighted by molar-refractivity contribution is 5.94. The van der Waals surface area contributed by atoms with E-state index < -0.39 is 72.8 Å². The molecule has 182 valence electrons. The molecular weight excluding hydrogens is 428 g/mol. The number of aliphatic hydroxyl groups excluding tert-OH is 1. The second kappa shape index (κ2) is 14.1. The first-order valence-electron chi connectivity index (χ1n) is 10.1. The molecule has 8 N–H and O–H groups in total. The van der Waals surface area contributed by atoms with Gasteiger partial charge in [0.2, 0.25) is 17.7 Å². The number of aliphatic hydroxyl groups is 1. The van der Waals surface area contributed by atoms with E-state index in [-0.39, 0.29) is 18.6 Å². The first kappa shape index (κ1) is 28.9. The molecule has 0 fully saturated rings. The van der Waals surface area contributed by atoms with Crippen LogP contribution in [-0.2, 0) is 28.8 Å². The molecule has 0 bridgehead atoms. The molecule has 6 atom stereocenters. The van der Waals surface area contributed by atoms with Gasteiger partial charge in [-0.25, -0.2) is 0 Å². The van der Waals surface area contributed by atoms with Crippen molar-refractivity contribution in [3.63, 3.8) is 0 Å². The summed E-state index contributed by atoms with van der Waals surface area (Å²) in [6, 6.07) is -5.33. The Kier molecular flexibility index (Phi) is 12.7. The zero-order chi connectivity index (χ0) is 25.0. The molecule has 0 spiro atoms. The standard InChI is InChI=1S/C19H32N4O9/c1-4-9(2)15(20)18(31)22-12(5-6-13(26)27)17(30)23-16(10(3)25)19(32)21-11(8-24)7-14(28)29/h8-12,15-16,25H,4-7,20H2,1-3H3,(H,21,32)(H,22,31)(H,23,30)(H,26,27)(H,28,29)/t9-,10+,11?,12-,15-,16-/m0/s1. The van der Waals surface area contributed by atoms with Crippen LogP contribution in [0.25, 0.3) is 0 Å². The maximum absolute atomic E-state index is 12.7. The number of carboxylic acids is 2. The van der Waals surface area contributed by atoms with Gasteiger partial charge in [0.25, 0.3) is 0 Å². The van der Waals surface area contributed by atoms with Gasteiger partial charge in [-0.05, 0) is 19.3 Å². The second-order valence-electron chi connectivity index (χ2n) is 7.48. The van der Waals surface area contributed by atoms with Crippen molar-refractivity contribution in [1.29, 1.82) is 0 Å². The summed E-state index contributed by atoms with van der Waals surface area (Å²) in [6.45, 7) is 4.71. The van der Waals surface area contributed by atoms with Crippen molar-refractivity contribution in [2.24, 2.45) is 11.7 Å². The Morgan fingerprint density at radius 1 is 0.938 bits per heavy atom. The van der Waals surface area contributed by atoms with E-state index in [1.807, 2.05) is 6.92 Å². The Morgan fingerprint density at radius 2 is 1.53 bits per heavy atom. The molecule has 32 heavy (non-hydrogen) atoms. The van der Waals surface area contributed by atoms with Crippen molar-refractivity contribution in [1.82, 2.24) is 16.0 Å². The summed E-state index contributed by atoms with van der Waals surface area (Å²) in [6.07, 6.45) is -2.19. The third kappa shape index (κ3) is 10.3. The van der Waals surface area contributed by atoms with Crippen molar-refractivity contribution < 1.29 is 44.1 Å². The Balaban J connectivity index is 5.45. The normalized spacial score (nSPS) is 16.4. The average Bonchev–Trinajstić information content (AvgIpc) is 2.71. The number of nitrogens with one attached hydrogen (secondary N) is 3. The van der Waals surface area contributed by atoms with Crippen LogP contribution in [0.4, 0.5) is 0 Å². The predicted octanol–water partition coefficient (Wildman–Crippen LogP) is -2.27. The number of aliphatic carboxylic acids is 2. The van der Waals surface area contributed by atoms with Gasteiger partial charge in [0, 0.05) is 6.42 Å². The average molecular weight is 460 g/mol. The molecule has 0 aliphatic heterocycles. The van der Waals surface area contributed by atoms with Crippen molar-refractivity contribution in [3.8, 4) is 0 Å². The van der Waals surface area contributed by atoms with E-state index in [1.165, 1.54) is 6.92 Å². The zero-order valence-electron chi connectivity index (χ0n) is 18.2. The summed E-state index contributed by atoms with van der Waals surface area (Å²) < 4.78 is 0. The van der Waals surface area contributed by atoms with Crippen molar-refractivity contribution in [3.05, 3.63) is 0 Å². The van der Waals surface area contributed by atoms with Crippen LogP contribution in [0.1, 0.15) is 46.5 Å². The van der Waals surface area contributed by atoms with E-state index in [4.69, 9.17) is 15.9 Å². The largest absolute Gasteiger partial charge is 0.481 e. The van der Waals surface area contributed by atoms with Gasteiger partial charge >= 0.3 is 11.9 Å². The molecule has 0 aromatic carbocycles. The summed E-state index contributed by atoms with van der Waals surface area (Å²) in [5.74, 6) is -5.48. The fraction of sp³-hybridized carbons (Fsp3) is 0.684. The summed E-state index contributed by atoms with van der Waals surface area (Å²) in [5, 5.41) is 34.2. The number of nitrogens with two attached hydrogens (primary N) is 1. The number of rotatable bonds is 15. The molecule has 0 aliphatic carbocycles. The quantitative estimate of drug-likeness (QED) is 0.130. The Morgan fingerprint density at radius 3 is 1.97 bits per heavy atom. The Bertz CT molecular complexity index is 698. The molecule has 0 aliphatic rings. The third-order valence-corrected chi connectivity index (χ3v) is 4.79. The molecule has 0 heterocycles. The van der Waals surface area contributed by atoms with Gasteiger partial charge < -0.3 is 41.8 Å². The van der Waals surface area contributed by atoms with Gasteiger partial charge in [0.1, 0.15) is 18.4 Å². The Hall–Kier alpha value is -3.06. The molecule has 1 unspecified atom stereocenters. The zero-order valence-corrected chi connectivity index (χ0v) is 18.2. The van der Waals surface area contributed by atoms with Gasteiger partial charge in [-0.15, -0.1) is 0 Å². The molecule has 0 saturated heterocycles. The fourth-order valence-corrected chi connectivity index (χ4v) is 2.57. The molecule has 0 radical (unpaired) electrons. The van der Waals surface area contributed by atoms with E-state index in [0.29, 0.717) is 6.42 Å². The number of carboxylic acid groups (broad SMARTS) is 2. The molecular formula is C19H32N4O9. The van der Waals surface area contributed by atoms with Crippen molar-refractivity contribution >= 4 is 35.9 Å². The number of aldehydes is 1. The third-order valence-electron chi connectivity index (χ3n) is 4.79. The van der Waals surface area contributed by atoms with E-state index in [1.54, 1.807) is 6.92 Å². The smallest absolute Gasteiger partial charge is 0.305 e.